The van der Waals surface area contributed by atoms with E-state index in [1.807, 2.05) is 13.8 Å². The van der Waals surface area contributed by atoms with Gasteiger partial charge in [-0.2, -0.15) is 4.31 Å². The van der Waals surface area contributed by atoms with Crippen LogP contribution in [0, 0.1) is 5.92 Å². The molecule has 0 aliphatic carbocycles. The zero-order valence-corrected chi connectivity index (χ0v) is 14.5. The summed E-state index contributed by atoms with van der Waals surface area (Å²) in [5.41, 5.74) is 6.09. The lowest BCUT2D eigenvalue weighted by atomic mass is 10.0. The summed E-state index contributed by atoms with van der Waals surface area (Å²) in [5, 5.41) is 0.530. The maximum atomic E-state index is 12.9. The third-order valence-corrected chi connectivity index (χ3v) is 6.82. The van der Waals surface area contributed by atoms with Gasteiger partial charge in [-0.05, 0) is 30.9 Å². The van der Waals surface area contributed by atoms with Gasteiger partial charge in [-0.15, -0.1) is 0 Å². The largest absolute Gasteiger partial charge is 0.326 e. The molecule has 0 radical (unpaired) electrons. The number of nitrogens with two attached hydrogens (primary N) is 1. The van der Waals surface area contributed by atoms with E-state index in [4.69, 9.17) is 28.9 Å². The van der Waals surface area contributed by atoms with Crippen molar-refractivity contribution in [3.05, 3.63) is 27.7 Å². The summed E-state index contributed by atoms with van der Waals surface area (Å²) < 4.78 is 27.4. The van der Waals surface area contributed by atoms with Crippen LogP contribution in [0.1, 0.15) is 32.3 Å². The van der Waals surface area contributed by atoms with Gasteiger partial charge in [0.25, 0.3) is 0 Å². The normalized spacial score (nSPS) is 20.4. The SMILES string of the molecule is CC(C)C1CCCN1S(=O)(=O)c1ccc(Cl)c(CN)c1Cl. The van der Waals surface area contributed by atoms with Gasteiger partial charge in [0.2, 0.25) is 10.0 Å². The number of hydrogen-bond acceptors (Lipinski definition) is 3. The van der Waals surface area contributed by atoms with Crippen LogP contribution in [-0.2, 0) is 16.6 Å². The predicted octanol–water partition coefficient (Wildman–Crippen LogP) is 3.26. The van der Waals surface area contributed by atoms with E-state index in [0.29, 0.717) is 17.1 Å². The Labute approximate surface area is 136 Å². The van der Waals surface area contributed by atoms with E-state index in [9.17, 15) is 8.42 Å². The van der Waals surface area contributed by atoms with Crippen molar-refractivity contribution in [3.8, 4) is 0 Å². The summed E-state index contributed by atoms with van der Waals surface area (Å²) in [6.45, 7) is 4.71. The van der Waals surface area contributed by atoms with Gasteiger partial charge in [-0.1, -0.05) is 37.0 Å². The van der Waals surface area contributed by atoms with Gasteiger partial charge in [0.1, 0.15) is 4.90 Å². The van der Waals surface area contributed by atoms with E-state index in [2.05, 4.69) is 0 Å². The van der Waals surface area contributed by atoms with Crippen LogP contribution in [0.15, 0.2) is 17.0 Å². The van der Waals surface area contributed by atoms with E-state index in [1.54, 1.807) is 10.4 Å². The number of benzene rings is 1. The molecule has 1 saturated heterocycles. The number of sulfonamides is 1. The number of rotatable bonds is 4. The summed E-state index contributed by atoms with van der Waals surface area (Å²) in [7, 11) is -3.63. The van der Waals surface area contributed by atoms with E-state index in [1.165, 1.54) is 6.07 Å². The molecule has 0 spiro atoms. The minimum Gasteiger partial charge on any atom is -0.326 e. The molecule has 0 aromatic heterocycles. The molecule has 1 aliphatic heterocycles. The van der Waals surface area contributed by atoms with Crippen LogP contribution in [0.4, 0.5) is 0 Å². The third kappa shape index (κ3) is 3.08. The summed E-state index contributed by atoms with van der Waals surface area (Å²) >= 11 is 12.3. The number of halogens is 2. The Morgan fingerprint density at radius 3 is 2.62 bits per heavy atom. The van der Waals surface area contributed by atoms with Crippen LogP contribution in [0.25, 0.3) is 0 Å². The van der Waals surface area contributed by atoms with Gasteiger partial charge < -0.3 is 5.73 Å². The van der Waals surface area contributed by atoms with E-state index in [-0.39, 0.29) is 28.4 Å². The highest BCUT2D eigenvalue weighted by atomic mass is 35.5. The molecule has 1 fully saturated rings. The molecule has 118 valence electrons. The molecule has 0 amide bonds. The Morgan fingerprint density at radius 1 is 1.38 bits per heavy atom. The zero-order chi connectivity index (χ0) is 15.8. The Kier molecular flexibility index (Phi) is 5.21. The predicted molar refractivity (Wildman–Crippen MR) is 86.1 cm³/mol. The fraction of sp³-hybridized carbons (Fsp3) is 0.571. The highest BCUT2D eigenvalue weighted by Gasteiger charge is 2.38. The van der Waals surface area contributed by atoms with Crippen LogP contribution in [0.3, 0.4) is 0 Å². The first kappa shape index (κ1) is 17.0. The lowest BCUT2D eigenvalue weighted by molar-refractivity contribution is 0.316. The first-order chi connectivity index (χ1) is 9.80. The van der Waals surface area contributed by atoms with E-state index < -0.39 is 10.0 Å². The Bertz CT molecular complexity index is 632. The Morgan fingerprint density at radius 2 is 2.05 bits per heavy atom. The molecular formula is C14H20Cl2N2O2S. The lowest BCUT2D eigenvalue weighted by Gasteiger charge is -2.27. The second kappa shape index (κ2) is 6.42. The topological polar surface area (TPSA) is 63.4 Å². The molecule has 2 N–H and O–H groups in total. The van der Waals surface area contributed by atoms with E-state index in [0.717, 1.165) is 12.8 Å². The van der Waals surface area contributed by atoms with Crippen molar-refractivity contribution < 1.29 is 8.42 Å². The third-order valence-electron chi connectivity index (χ3n) is 3.96. The van der Waals surface area contributed by atoms with Gasteiger partial charge in [0.15, 0.2) is 0 Å². The second-order valence-corrected chi connectivity index (χ2v) is 8.26. The molecular weight excluding hydrogens is 331 g/mol. The van der Waals surface area contributed by atoms with Crippen LogP contribution in [0.5, 0.6) is 0 Å². The van der Waals surface area contributed by atoms with Gasteiger partial charge in [0.05, 0.1) is 5.02 Å². The van der Waals surface area contributed by atoms with Crippen molar-refractivity contribution in [2.24, 2.45) is 11.7 Å². The monoisotopic (exact) mass is 350 g/mol. The molecule has 0 bridgehead atoms. The highest BCUT2D eigenvalue weighted by Crippen LogP contribution is 2.36. The molecule has 1 heterocycles. The van der Waals surface area contributed by atoms with Crippen LogP contribution in [-0.4, -0.2) is 25.3 Å². The fourth-order valence-corrected chi connectivity index (χ4v) is 5.55. The molecule has 1 aromatic carbocycles. The molecule has 0 saturated carbocycles. The molecule has 1 aliphatic rings. The van der Waals surface area contributed by atoms with Crippen molar-refractivity contribution in [1.29, 1.82) is 0 Å². The molecule has 1 aromatic rings. The Balaban J connectivity index is 2.50. The quantitative estimate of drug-likeness (QED) is 0.906. The fourth-order valence-electron chi connectivity index (χ4n) is 2.82. The summed E-state index contributed by atoms with van der Waals surface area (Å²) in [6, 6.07) is 3.03. The molecule has 21 heavy (non-hydrogen) atoms. The van der Waals surface area contributed by atoms with Gasteiger partial charge in [-0.3, -0.25) is 0 Å². The zero-order valence-electron chi connectivity index (χ0n) is 12.1. The molecule has 1 unspecified atom stereocenters. The van der Waals surface area contributed by atoms with Gasteiger partial charge >= 0.3 is 0 Å². The van der Waals surface area contributed by atoms with Crippen molar-refractivity contribution in [3.63, 3.8) is 0 Å². The molecule has 2 rings (SSSR count). The molecule has 1 atom stereocenters. The average molecular weight is 351 g/mol. The summed E-state index contributed by atoms with van der Waals surface area (Å²) in [6.07, 6.45) is 1.75. The van der Waals surface area contributed by atoms with Crippen LogP contribution in [0.2, 0.25) is 10.0 Å². The molecule has 4 nitrogen and oxygen atoms in total. The lowest BCUT2D eigenvalue weighted by Crippen LogP contribution is -2.38. The Hall–Kier alpha value is -0.330. The van der Waals surface area contributed by atoms with Crippen molar-refractivity contribution >= 4 is 33.2 Å². The van der Waals surface area contributed by atoms with Crippen molar-refractivity contribution in [2.45, 2.75) is 44.2 Å². The van der Waals surface area contributed by atoms with Crippen LogP contribution >= 0.6 is 23.2 Å². The maximum absolute atomic E-state index is 12.9. The standard InChI is InChI=1S/C14H20Cl2N2O2S/c1-9(2)12-4-3-7-18(12)21(19,20)13-6-5-11(15)10(8-17)14(13)16/h5-6,9,12H,3-4,7-8,17H2,1-2H3. The van der Waals surface area contributed by atoms with E-state index >= 15 is 0 Å². The highest BCUT2D eigenvalue weighted by molar-refractivity contribution is 7.89. The smallest absolute Gasteiger partial charge is 0.244 e. The first-order valence-electron chi connectivity index (χ1n) is 6.99. The average Bonchev–Trinajstić information content (AvgIpc) is 2.89. The maximum Gasteiger partial charge on any atom is 0.244 e. The summed E-state index contributed by atoms with van der Waals surface area (Å²) in [5.74, 6) is 0.266. The minimum absolute atomic E-state index is 0.0167. The second-order valence-electron chi connectivity index (χ2n) is 5.61. The van der Waals surface area contributed by atoms with Crippen molar-refractivity contribution in [2.75, 3.05) is 6.54 Å². The molecule has 7 heteroatoms. The van der Waals surface area contributed by atoms with Crippen molar-refractivity contribution in [1.82, 2.24) is 4.31 Å². The summed E-state index contributed by atoms with van der Waals surface area (Å²) in [4.78, 5) is 0.0987. The van der Waals surface area contributed by atoms with Gasteiger partial charge in [0, 0.05) is 29.7 Å². The number of hydrogen-bond donors (Lipinski definition) is 1. The first-order valence-corrected chi connectivity index (χ1v) is 9.19. The van der Waals surface area contributed by atoms with Crippen LogP contribution < -0.4 is 5.73 Å². The minimum atomic E-state index is -3.63. The number of nitrogens with zero attached hydrogens (tertiary/aromatic N) is 1. The van der Waals surface area contributed by atoms with Gasteiger partial charge in [-0.25, -0.2) is 8.42 Å².